The van der Waals surface area contributed by atoms with Crippen LogP contribution in [-0.2, 0) is 6.54 Å². The first-order chi connectivity index (χ1) is 9.31. The summed E-state index contributed by atoms with van der Waals surface area (Å²) in [6.07, 6.45) is 5.45. The Morgan fingerprint density at radius 1 is 1.21 bits per heavy atom. The lowest BCUT2D eigenvalue weighted by molar-refractivity contribution is 0.279. The van der Waals surface area contributed by atoms with Crippen LogP contribution >= 0.6 is 23.3 Å². The molecule has 0 atom stereocenters. The minimum Gasteiger partial charge on any atom is -0.378 e. The van der Waals surface area contributed by atoms with Crippen LogP contribution in [0.4, 0.5) is 0 Å². The van der Waals surface area contributed by atoms with Crippen LogP contribution in [0.2, 0.25) is 0 Å². The van der Waals surface area contributed by atoms with Crippen LogP contribution in [0.1, 0.15) is 35.4 Å². The molecule has 2 aliphatic heterocycles. The third kappa shape index (κ3) is 3.38. The van der Waals surface area contributed by atoms with Crippen LogP contribution in [0.15, 0.2) is 21.5 Å². The molecule has 1 fully saturated rings. The molecule has 0 aliphatic carbocycles. The highest BCUT2D eigenvalue weighted by molar-refractivity contribution is 8.13. The summed E-state index contributed by atoms with van der Waals surface area (Å²) < 4.78 is 4.32. The summed E-state index contributed by atoms with van der Waals surface area (Å²) >= 11 is 2.58. The monoisotopic (exact) mass is 295 g/mol. The van der Waals surface area contributed by atoms with E-state index in [1.54, 1.807) is 11.3 Å². The van der Waals surface area contributed by atoms with Crippen molar-refractivity contribution >= 4 is 34.3 Å². The first-order valence-corrected chi connectivity index (χ1v) is 8.42. The molecule has 0 unspecified atom stereocenters. The summed E-state index contributed by atoms with van der Waals surface area (Å²) in [6, 6.07) is 4.32. The van der Waals surface area contributed by atoms with Gasteiger partial charge in [-0.25, -0.2) is 9.39 Å². The molecule has 6 heteroatoms. The highest BCUT2D eigenvalue weighted by atomic mass is 32.2. The largest absolute Gasteiger partial charge is 0.378 e. The van der Waals surface area contributed by atoms with Gasteiger partial charge >= 0.3 is 0 Å². The Morgan fingerprint density at radius 2 is 2.00 bits per heavy atom. The lowest BCUT2D eigenvalue weighted by atomic mass is 10.2. The van der Waals surface area contributed by atoms with E-state index in [0.29, 0.717) is 5.17 Å². The quantitative estimate of drug-likeness (QED) is 0.842. The molecule has 1 saturated heterocycles. The smallest absolute Gasteiger partial charge is 0.179 e. The molecule has 0 saturated carbocycles. The molecule has 103 valence electrons. The fourth-order valence-corrected chi connectivity index (χ4v) is 4.00. The van der Waals surface area contributed by atoms with Gasteiger partial charge in [-0.3, -0.25) is 4.90 Å². The zero-order valence-electron chi connectivity index (χ0n) is 10.9. The zero-order valence-corrected chi connectivity index (χ0v) is 12.6. The van der Waals surface area contributed by atoms with Gasteiger partial charge in [0.15, 0.2) is 11.0 Å². The van der Waals surface area contributed by atoms with Gasteiger partial charge in [0.2, 0.25) is 0 Å². The van der Waals surface area contributed by atoms with Gasteiger partial charge in [0, 0.05) is 11.4 Å². The van der Waals surface area contributed by atoms with Crippen molar-refractivity contribution in [1.82, 2.24) is 4.90 Å². The molecule has 2 aliphatic rings. The van der Waals surface area contributed by atoms with E-state index in [2.05, 4.69) is 26.4 Å². The summed E-state index contributed by atoms with van der Waals surface area (Å²) in [7, 11) is 0. The second kappa shape index (κ2) is 6.07. The number of thiophene rings is 1. The summed E-state index contributed by atoms with van der Waals surface area (Å²) in [6.45, 7) is 3.53. The number of likely N-dealkylation sites (tertiary alicyclic amines) is 1. The second-order valence-electron chi connectivity index (χ2n) is 4.95. The Hall–Kier alpha value is -0.850. The maximum Gasteiger partial charge on any atom is 0.179 e. The van der Waals surface area contributed by atoms with E-state index in [-0.39, 0.29) is 0 Å². The van der Waals surface area contributed by atoms with Crippen LogP contribution in [0, 0.1) is 0 Å². The number of nitrogens with zero attached hydrogens (tertiary/aromatic N) is 3. The molecule has 2 N–H and O–H groups in total. The van der Waals surface area contributed by atoms with Crippen molar-refractivity contribution in [2.45, 2.75) is 32.2 Å². The molecule has 0 amide bonds. The fraction of sp³-hybridized carbons (Fsp3) is 0.538. The summed E-state index contributed by atoms with van der Waals surface area (Å²) in [5.41, 5.74) is 5.66. The van der Waals surface area contributed by atoms with Crippen molar-refractivity contribution in [1.29, 1.82) is 0 Å². The predicted octanol–water partition coefficient (Wildman–Crippen LogP) is 2.58. The molecule has 1 aromatic rings. The van der Waals surface area contributed by atoms with Crippen LogP contribution in [-0.4, -0.2) is 29.0 Å². The lowest BCUT2D eigenvalue weighted by Gasteiger charge is -2.18. The number of rotatable bonds is 3. The average Bonchev–Trinajstić information content (AvgIpc) is 2.94. The predicted molar refractivity (Wildman–Crippen MR) is 85.2 cm³/mol. The average molecular weight is 295 g/mol. The number of amidine groups is 2. The van der Waals surface area contributed by atoms with Gasteiger partial charge in [0.1, 0.15) is 0 Å². The number of thiol groups is 1. The van der Waals surface area contributed by atoms with Gasteiger partial charge in [-0.1, -0.05) is 12.8 Å². The summed E-state index contributed by atoms with van der Waals surface area (Å²) in [5.74, 6) is 0.797. The van der Waals surface area contributed by atoms with Gasteiger partial charge in [0.25, 0.3) is 0 Å². The van der Waals surface area contributed by atoms with E-state index in [1.807, 2.05) is 0 Å². The van der Waals surface area contributed by atoms with Crippen LogP contribution in [0.5, 0.6) is 0 Å². The third-order valence-electron chi connectivity index (χ3n) is 3.43. The van der Waals surface area contributed by atoms with E-state index in [9.17, 15) is 0 Å². The van der Waals surface area contributed by atoms with Crippen molar-refractivity contribution in [3.8, 4) is 0 Å². The second-order valence-corrected chi connectivity index (χ2v) is 6.98. The Morgan fingerprint density at radius 3 is 2.68 bits per heavy atom. The first kappa shape index (κ1) is 13.1. The number of aliphatic imine (C=N–C) groups is 1. The summed E-state index contributed by atoms with van der Waals surface area (Å²) in [4.78, 5) is 9.36. The van der Waals surface area contributed by atoms with Crippen molar-refractivity contribution in [2.24, 2.45) is 15.1 Å². The maximum atomic E-state index is 5.66. The van der Waals surface area contributed by atoms with Crippen LogP contribution in [0.25, 0.3) is 0 Å². The molecule has 0 bridgehead atoms. The molecule has 19 heavy (non-hydrogen) atoms. The van der Waals surface area contributed by atoms with Gasteiger partial charge in [-0.15, -0.1) is 11.3 Å². The van der Waals surface area contributed by atoms with Crippen molar-refractivity contribution < 1.29 is 0 Å². The molecule has 0 aromatic carbocycles. The third-order valence-corrected chi connectivity index (χ3v) is 5.09. The van der Waals surface area contributed by atoms with E-state index >= 15 is 0 Å². The van der Waals surface area contributed by atoms with E-state index in [0.717, 1.165) is 29.2 Å². The standard InChI is InChI=1S/C13H19N4S2/c14-13-15-12(16-19-13)11-6-5-10(18-11)9-17-7-3-1-2-4-8-17/h5-6,19H,1-4,7-9H2,(H2,14,15,16). The Kier molecular flexibility index (Phi) is 4.20. The highest BCUT2D eigenvalue weighted by Crippen LogP contribution is 2.24. The van der Waals surface area contributed by atoms with Crippen molar-refractivity contribution in [3.63, 3.8) is 0 Å². The normalized spacial score (nSPS) is 21.1. The minimum atomic E-state index is 0.595. The van der Waals surface area contributed by atoms with Crippen LogP contribution in [0.3, 0.4) is 0 Å². The SMILES string of the molecule is NC1=NC(c2ccc(CN3CCCCCC3)s2)=N[SH]1. The van der Waals surface area contributed by atoms with E-state index in [4.69, 9.17) is 5.73 Å². The van der Waals surface area contributed by atoms with Gasteiger partial charge < -0.3 is 5.73 Å². The molecule has 4 nitrogen and oxygen atoms in total. The molecular formula is C13H19N4S2. The molecule has 1 aromatic heterocycles. The van der Waals surface area contributed by atoms with Crippen molar-refractivity contribution in [2.75, 3.05) is 13.1 Å². The zero-order chi connectivity index (χ0) is 13.1. The molecule has 0 spiro atoms. The summed E-state index contributed by atoms with van der Waals surface area (Å²) in [5, 5.41) is 0.595. The first-order valence-electron chi connectivity index (χ1n) is 6.75. The lowest BCUT2D eigenvalue weighted by Crippen LogP contribution is -2.23. The Labute approximate surface area is 121 Å². The number of hydrogen-bond acceptors (Lipinski definition) is 5. The van der Waals surface area contributed by atoms with Gasteiger partial charge in [-0.05, 0) is 50.0 Å². The van der Waals surface area contributed by atoms with Crippen LogP contribution < -0.4 is 5.73 Å². The molecule has 1 radical (unpaired) electrons. The van der Waals surface area contributed by atoms with Crippen molar-refractivity contribution in [3.05, 3.63) is 21.9 Å². The highest BCUT2D eigenvalue weighted by Gasteiger charge is 2.14. The minimum absolute atomic E-state index is 0.595. The van der Waals surface area contributed by atoms with Gasteiger partial charge in [0.05, 0.1) is 4.88 Å². The Balaban J connectivity index is 1.64. The molecule has 3 rings (SSSR count). The fourth-order valence-electron chi connectivity index (χ4n) is 2.45. The molecule has 3 heterocycles. The Bertz CT molecular complexity index is 498. The van der Waals surface area contributed by atoms with E-state index < -0.39 is 0 Å². The number of hydrogen-bond donors (Lipinski definition) is 2. The van der Waals surface area contributed by atoms with E-state index in [1.165, 1.54) is 43.6 Å². The topological polar surface area (TPSA) is 54.0 Å². The van der Waals surface area contributed by atoms with Gasteiger partial charge in [-0.2, -0.15) is 0 Å². The molecular weight excluding hydrogens is 276 g/mol. The maximum absolute atomic E-state index is 5.66. The number of nitrogens with two attached hydrogens (primary N) is 1.